The molecule has 1 N–H and O–H groups in total. The molecule has 1 atom stereocenters. The Kier molecular flexibility index (Phi) is 6.58. The van der Waals surface area contributed by atoms with Crippen LogP contribution in [0.2, 0.25) is 10.0 Å². The lowest BCUT2D eigenvalue weighted by molar-refractivity contribution is -0.141. The summed E-state index contributed by atoms with van der Waals surface area (Å²) in [5.74, 6) is -1.34. The van der Waals surface area contributed by atoms with Crippen LogP contribution in [0.15, 0.2) is 77.9 Å². The van der Waals surface area contributed by atoms with Gasteiger partial charge < -0.3 is 5.11 Å². The van der Waals surface area contributed by atoms with Gasteiger partial charge >= 0.3 is 5.97 Å². The number of carbonyl (C=O) groups excluding carboxylic acids is 1. The minimum Gasteiger partial charge on any atom is -0.481 e. The van der Waals surface area contributed by atoms with Crippen LogP contribution in [0.25, 0.3) is 11.1 Å². The Bertz CT molecular complexity index is 1170. The van der Waals surface area contributed by atoms with Crippen molar-refractivity contribution in [2.45, 2.75) is 25.3 Å². The minimum absolute atomic E-state index is 0.116. The zero-order valence-electron chi connectivity index (χ0n) is 17.0. The second-order valence-corrected chi connectivity index (χ2v) is 8.38. The summed E-state index contributed by atoms with van der Waals surface area (Å²) in [6.45, 7) is 0. The number of hydrogen-bond donors (Lipinski definition) is 1. The van der Waals surface area contributed by atoms with Gasteiger partial charge in [0.05, 0.1) is 18.2 Å². The molecule has 1 amide bonds. The number of rotatable bonds is 6. The third kappa shape index (κ3) is 4.85. The van der Waals surface area contributed by atoms with Gasteiger partial charge in [0.2, 0.25) is 5.91 Å². The third-order valence-electron chi connectivity index (χ3n) is 5.37. The summed E-state index contributed by atoms with van der Waals surface area (Å²) in [6, 6.07) is 22.4. The van der Waals surface area contributed by atoms with Crippen molar-refractivity contribution in [1.82, 2.24) is 5.01 Å². The molecular formula is C25H20Cl2N2O3. The van der Waals surface area contributed by atoms with Crippen molar-refractivity contribution >= 4 is 40.8 Å². The van der Waals surface area contributed by atoms with Gasteiger partial charge in [-0.15, -0.1) is 0 Å². The number of benzene rings is 3. The Morgan fingerprint density at radius 1 is 0.875 bits per heavy atom. The topological polar surface area (TPSA) is 70.0 Å². The summed E-state index contributed by atoms with van der Waals surface area (Å²) in [6.07, 6.45) is 0.148. The molecular weight excluding hydrogens is 447 g/mol. The number of amides is 1. The Balaban J connectivity index is 1.72. The van der Waals surface area contributed by atoms with Crippen LogP contribution >= 0.6 is 23.2 Å². The molecule has 162 valence electrons. The highest BCUT2D eigenvalue weighted by molar-refractivity contribution is 6.30. The van der Waals surface area contributed by atoms with E-state index in [1.54, 1.807) is 12.1 Å². The molecule has 3 aromatic rings. The molecule has 0 fully saturated rings. The van der Waals surface area contributed by atoms with Gasteiger partial charge in [-0.3, -0.25) is 9.59 Å². The zero-order valence-corrected chi connectivity index (χ0v) is 18.6. The molecule has 0 bridgehead atoms. The van der Waals surface area contributed by atoms with Crippen LogP contribution in [0, 0.1) is 0 Å². The van der Waals surface area contributed by atoms with Gasteiger partial charge in [0.25, 0.3) is 0 Å². The summed E-state index contributed by atoms with van der Waals surface area (Å²) >= 11 is 12.1. The Morgan fingerprint density at radius 3 is 2.09 bits per heavy atom. The van der Waals surface area contributed by atoms with Gasteiger partial charge in [-0.1, -0.05) is 71.7 Å². The van der Waals surface area contributed by atoms with Gasteiger partial charge in [0, 0.05) is 28.5 Å². The van der Waals surface area contributed by atoms with Gasteiger partial charge in [-0.05, 0) is 41.0 Å². The van der Waals surface area contributed by atoms with Crippen molar-refractivity contribution in [3.63, 3.8) is 0 Å². The summed E-state index contributed by atoms with van der Waals surface area (Å²) in [4.78, 5) is 23.9. The van der Waals surface area contributed by atoms with Crippen molar-refractivity contribution in [2.75, 3.05) is 0 Å². The van der Waals surface area contributed by atoms with Crippen LogP contribution in [-0.4, -0.2) is 27.7 Å². The summed E-state index contributed by atoms with van der Waals surface area (Å²) in [5, 5.41) is 16.3. The number of carbonyl (C=O) groups is 2. The maximum absolute atomic E-state index is 12.9. The first-order valence-electron chi connectivity index (χ1n) is 10.1. The molecule has 0 radical (unpaired) electrons. The average Bonchev–Trinajstić information content (AvgIpc) is 3.24. The van der Waals surface area contributed by atoms with Crippen LogP contribution in [0.5, 0.6) is 0 Å². The lowest BCUT2D eigenvalue weighted by Crippen LogP contribution is -2.27. The molecule has 3 aromatic carbocycles. The monoisotopic (exact) mass is 466 g/mol. The predicted molar refractivity (Wildman–Crippen MR) is 126 cm³/mol. The van der Waals surface area contributed by atoms with E-state index >= 15 is 0 Å². The SMILES string of the molecule is O=C(O)CCC(=O)N1N=C(c2ccccc2-c2ccc(Cl)cc2)CC1c1ccc(Cl)cc1. The molecule has 0 aromatic heterocycles. The van der Waals surface area contributed by atoms with E-state index in [1.165, 1.54) is 5.01 Å². The first-order valence-corrected chi connectivity index (χ1v) is 10.9. The lowest BCUT2D eigenvalue weighted by Gasteiger charge is -2.22. The molecule has 0 saturated carbocycles. The molecule has 1 aliphatic heterocycles. The number of aliphatic carboxylic acids is 1. The Morgan fingerprint density at radius 2 is 1.47 bits per heavy atom. The van der Waals surface area contributed by atoms with Crippen molar-refractivity contribution in [2.24, 2.45) is 5.10 Å². The Hall–Kier alpha value is -3.15. The van der Waals surface area contributed by atoms with E-state index in [-0.39, 0.29) is 24.8 Å². The number of carboxylic acid groups (broad SMARTS) is 1. The highest BCUT2D eigenvalue weighted by atomic mass is 35.5. The van der Waals surface area contributed by atoms with Crippen molar-refractivity contribution in [3.05, 3.63) is 94.0 Å². The molecule has 1 aliphatic rings. The van der Waals surface area contributed by atoms with E-state index in [0.717, 1.165) is 28.0 Å². The maximum Gasteiger partial charge on any atom is 0.303 e. The van der Waals surface area contributed by atoms with Crippen LogP contribution in [0.1, 0.15) is 36.4 Å². The molecule has 0 aliphatic carbocycles. The molecule has 7 heteroatoms. The minimum atomic E-state index is -1.02. The largest absolute Gasteiger partial charge is 0.481 e. The van der Waals surface area contributed by atoms with Crippen LogP contribution < -0.4 is 0 Å². The highest BCUT2D eigenvalue weighted by Crippen LogP contribution is 2.36. The first-order chi connectivity index (χ1) is 15.4. The fourth-order valence-electron chi connectivity index (χ4n) is 3.79. The van der Waals surface area contributed by atoms with Gasteiger partial charge in [-0.25, -0.2) is 5.01 Å². The van der Waals surface area contributed by atoms with Crippen LogP contribution in [-0.2, 0) is 9.59 Å². The quantitative estimate of drug-likeness (QED) is 0.469. The standard InChI is InChI=1S/C25H20Cl2N2O3/c26-18-9-5-16(6-10-18)20-3-1-2-4-21(20)22-15-23(17-7-11-19(27)12-8-17)29(28-22)24(30)13-14-25(31)32/h1-12,23H,13-15H2,(H,31,32). The number of carboxylic acids is 1. The van der Waals surface area contributed by atoms with Crippen molar-refractivity contribution < 1.29 is 14.7 Å². The van der Waals surface area contributed by atoms with Gasteiger partial charge in [-0.2, -0.15) is 5.10 Å². The number of hydrazone groups is 1. The van der Waals surface area contributed by atoms with E-state index in [2.05, 4.69) is 5.10 Å². The van der Waals surface area contributed by atoms with E-state index in [1.807, 2.05) is 60.7 Å². The number of halogens is 2. The van der Waals surface area contributed by atoms with Crippen LogP contribution in [0.3, 0.4) is 0 Å². The predicted octanol–water partition coefficient (Wildman–Crippen LogP) is 6.20. The fraction of sp³-hybridized carbons (Fsp3) is 0.160. The molecule has 32 heavy (non-hydrogen) atoms. The molecule has 0 spiro atoms. The molecule has 1 heterocycles. The van der Waals surface area contributed by atoms with E-state index < -0.39 is 5.97 Å². The van der Waals surface area contributed by atoms with E-state index in [0.29, 0.717) is 16.5 Å². The number of nitrogens with zero attached hydrogens (tertiary/aromatic N) is 2. The molecule has 1 unspecified atom stereocenters. The second kappa shape index (κ2) is 9.55. The molecule has 5 nitrogen and oxygen atoms in total. The van der Waals surface area contributed by atoms with E-state index in [9.17, 15) is 9.59 Å². The zero-order chi connectivity index (χ0) is 22.7. The lowest BCUT2D eigenvalue weighted by atomic mass is 9.92. The molecule has 4 rings (SSSR count). The number of hydrogen-bond acceptors (Lipinski definition) is 3. The van der Waals surface area contributed by atoms with Gasteiger partial charge in [0.15, 0.2) is 0 Å². The first kappa shape index (κ1) is 22.1. The summed E-state index contributed by atoms with van der Waals surface area (Å²) < 4.78 is 0. The second-order valence-electron chi connectivity index (χ2n) is 7.50. The van der Waals surface area contributed by atoms with Crippen molar-refractivity contribution in [3.8, 4) is 11.1 Å². The van der Waals surface area contributed by atoms with Crippen molar-refractivity contribution in [1.29, 1.82) is 0 Å². The van der Waals surface area contributed by atoms with Crippen LogP contribution in [0.4, 0.5) is 0 Å². The highest BCUT2D eigenvalue weighted by Gasteiger charge is 2.33. The summed E-state index contributed by atoms with van der Waals surface area (Å²) in [5.41, 5.74) is 4.55. The summed E-state index contributed by atoms with van der Waals surface area (Å²) in [7, 11) is 0. The van der Waals surface area contributed by atoms with Gasteiger partial charge in [0.1, 0.15) is 0 Å². The third-order valence-corrected chi connectivity index (χ3v) is 5.87. The van der Waals surface area contributed by atoms with E-state index in [4.69, 9.17) is 28.3 Å². The Labute approximate surface area is 195 Å². The molecule has 0 saturated heterocycles. The maximum atomic E-state index is 12.9. The average molecular weight is 467 g/mol. The normalized spacial score (nSPS) is 15.5. The fourth-order valence-corrected chi connectivity index (χ4v) is 4.04. The smallest absolute Gasteiger partial charge is 0.303 e.